The Bertz CT molecular complexity index is 441. The van der Waals surface area contributed by atoms with Gasteiger partial charge in [-0.15, -0.1) is 0 Å². The lowest BCUT2D eigenvalue weighted by atomic mass is 9.93. The van der Waals surface area contributed by atoms with Gasteiger partial charge >= 0.3 is 0 Å². The van der Waals surface area contributed by atoms with E-state index in [1.54, 1.807) is 0 Å². The number of hydrogen-bond acceptors (Lipinski definition) is 2. The number of hydrogen-bond donors (Lipinski definition) is 1. The molecule has 0 aliphatic heterocycles. The normalized spacial score (nSPS) is 22.1. The number of nitrogens with two attached hydrogens (primary N) is 1. The summed E-state index contributed by atoms with van der Waals surface area (Å²) in [4.78, 5) is 14.2. The van der Waals surface area contributed by atoms with Crippen molar-refractivity contribution in [2.24, 2.45) is 17.1 Å². The fourth-order valence-electron chi connectivity index (χ4n) is 2.60. The summed E-state index contributed by atoms with van der Waals surface area (Å²) in [6.07, 6.45) is 0.982. The molecule has 3 nitrogen and oxygen atoms in total. The summed E-state index contributed by atoms with van der Waals surface area (Å²) in [6, 6.07) is 10.3. The number of benzene rings is 1. The predicted octanol–water partition coefficient (Wildman–Crippen LogP) is 2.23. The maximum absolute atomic E-state index is 12.4. The molecule has 0 spiro atoms. The highest BCUT2D eigenvalue weighted by molar-refractivity contribution is 5.82. The average molecular weight is 260 g/mol. The molecule has 0 heterocycles. The molecule has 104 valence electrons. The summed E-state index contributed by atoms with van der Waals surface area (Å²) < 4.78 is 0. The van der Waals surface area contributed by atoms with Crippen LogP contribution in [0, 0.1) is 11.3 Å². The van der Waals surface area contributed by atoms with Crippen molar-refractivity contribution in [1.82, 2.24) is 4.90 Å². The minimum Gasteiger partial charge on any atom is -0.345 e. The van der Waals surface area contributed by atoms with E-state index in [4.69, 9.17) is 5.73 Å². The van der Waals surface area contributed by atoms with Crippen LogP contribution in [0.15, 0.2) is 30.3 Å². The molecule has 2 atom stereocenters. The monoisotopic (exact) mass is 260 g/mol. The molecule has 1 aliphatic rings. The molecular weight excluding hydrogens is 236 g/mol. The van der Waals surface area contributed by atoms with Crippen LogP contribution in [0.2, 0.25) is 0 Å². The van der Waals surface area contributed by atoms with E-state index in [0.717, 1.165) is 13.0 Å². The SMILES string of the molecule is CN(CC(C)(C)CN)C(=O)C1CC1c1ccccc1. The van der Waals surface area contributed by atoms with Gasteiger partial charge in [0, 0.05) is 19.5 Å². The van der Waals surface area contributed by atoms with Crippen LogP contribution in [-0.2, 0) is 4.79 Å². The van der Waals surface area contributed by atoms with E-state index < -0.39 is 0 Å². The molecule has 2 unspecified atom stereocenters. The summed E-state index contributed by atoms with van der Waals surface area (Å²) in [5.74, 6) is 0.841. The Balaban J connectivity index is 1.92. The van der Waals surface area contributed by atoms with Crippen LogP contribution < -0.4 is 5.73 Å². The van der Waals surface area contributed by atoms with E-state index >= 15 is 0 Å². The van der Waals surface area contributed by atoms with Crippen molar-refractivity contribution < 1.29 is 4.79 Å². The maximum atomic E-state index is 12.4. The largest absolute Gasteiger partial charge is 0.345 e. The Morgan fingerprint density at radius 3 is 2.58 bits per heavy atom. The molecule has 0 saturated heterocycles. The van der Waals surface area contributed by atoms with Gasteiger partial charge in [0.2, 0.25) is 5.91 Å². The first-order valence-electron chi connectivity index (χ1n) is 6.94. The Morgan fingerprint density at radius 2 is 2.00 bits per heavy atom. The number of rotatable bonds is 5. The van der Waals surface area contributed by atoms with Crippen LogP contribution >= 0.6 is 0 Å². The molecule has 0 bridgehead atoms. The molecule has 1 aromatic rings. The molecule has 1 fully saturated rings. The van der Waals surface area contributed by atoms with Crippen molar-refractivity contribution in [3.63, 3.8) is 0 Å². The van der Waals surface area contributed by atoms with Gasteiger partial charge in [-0.05, 0) is 29.9 Å². The summed E-state index contributed by atoms with van der Waals surface area (Å²) in [7, 11) is 1.89. The third kappa shape index (κ3) is 3.35. The molecule has 1 saturated carbocycles. The van der Waals surface area contributed by atoms with Crippen LogP contribution in [0.4, 0.5) is 0 Å². The molecule has 2 rings (SSSR count). The topological polar surface area (TPSA) is 46.3 Å². The molecule has 0 aromatic heterocycles. The van der Waals surface area contributed by atoms with Crippen LogP contribution in [0.3, 0.4) is 0 Å². The van der Waals surface area contributed by atoms with Crippen LogP contribution in [0.5, 0.6) is 0 Å². The number of carbonyl (C=O) groups excluding carboxylic acids is 1. The lowest BCUT2D eigenvalue weighted by Crippen LogP contribution is -2.40. The fraction of sp³-hybridized carbons (Fsp3) is 0.562. The van der Waals surface area contributed by atoms with Gasteiger partial charge in [0.15, 0.2) is 0 Å². The van der Waals surface area contributed by atoms with Crippen LogP contribution in [-0.4, -0.2) is 30.9 Å². The van der Waals surface area contributed by atoms with E-state index in [0.29, 0.717) is 12.5 Å². The highest BCUT2D eigenvalue weighted by atomic mass is 16.2. The van der Waals surface area contributed by atoms with Gasteiger partial charge < -0.3 is 10.6 Å². The van der Waals surface area contributed by atoms with E-state index in [-0.39, 0.29) is 17.2 Å². The zero-order valence-electron chi connectivity index (χ0n) is 12.1. The molecule has 1 aliphatic carbocycles. The molecule has 1 aromatic carbocycles. The molecule has 3 heteroatoms. The Hall–Kier alpha value is -1.35. The minimum atomic E-state index is -0.0124. The highest BCUT2D eigenvalue weighted by Crippen LogP contribution is 2.48. The van der Waals surface area contributed by atoms with Gasteiger partial charge in [0.25, 0.3) is 0 Å². The Morgan fingerprint density at radius 1 is 1.37 bits per heavy atom. The van der Waals surface area contributed by atoms with Crippen molar-refractivity contribution in [1.29, 1.82) is 0 Å². The first-order valence-corrected chi connectivity index (χ1v) is 6.94. The first kappa shape index (κ1) is 14.1. The van der Waals surface area contributed by atoms with Crippen LogP contribution in [0.25, 0.3) is 0 Å². The van der Waals surface area contributed by atoms with Gasteiger partial charge in [0.05, 0.1) is 0 Å². The van der Waals surface area contributed by atoms with Gasteiger partial charge in [-0.1, -0.05) is 44.2 Å². The van der Waals surface area contributed by atoms with Crippen molar-refractivity contribution >= 4 is 5.91 Å². The number of amides is 1. The summed E-state index contributed by atoms with van der Waals surface area (Å²) in [6.45, 7) is 5.51. The quantitative estimate of drug-likeness (QED) is 0.882. The van der Waals surface area contributed by atoms with Gasteiger partial charge in [-0.25, -0.2) is 0 Å². The molecule has 1 amide bonds. The summed E-state index contributed by atoms with van der Waals surface area (Å²) >= 11 is 0. The Kier molecular flexibility index (Phi) is 3.95. The van der Waals surface area contributed by atoms with Gasteiger partial charge in [-0.2, -0.15) is 0 Å². The molecule has 19 heavy (non-hydrogen) atoms. The number of nitrogens with zero attached hydrogens (tertiary/aromatic N) is 1. The van der Waals surface area contributed by atoms with E-state index in [1.807, 2.05) is 30.1 Å². The zero-order valence-corrected chi connectivity index (χ0v) is 12.1. The van der Waals surface area contributed by atoms with Crippen molar-refractivity contribution in [3.05, 3.63) is 35.9 Å². The second-order valence-electron chi connectivity index (χ2n) is 6.42. The second kappa shape index (κ2) is 5.33. The van der Waals surface area contributed by atoms with E-state index in [1.165, 1.54) is 5.56 Å². The lowest BCUT2D eigenvalue weighted by Gasteiger charge is -2.29. The maximum Gasteiger partial charge on any atom is 0.226 e. The average Bonchev–Trinajstić information content (AvgIpc) is 3.18. The highest BCUT2D eigenvalue weighted by Gasteiger charge is 2.45. The van der Waals surface area contributed by atoms with Crippen LogP contribution in [0.1, 0.15) is 31.7 Å². The third-order valence-corrected chi connectivity index (χ3v) is 3.93. The molecule has 2 N–H and O–H groups in total. The molecular formula is C16H24N2O. The smallest absolute Gasteiger partial charge is 0.226 e. The predicted molar refractivity (Wildman–Crippen MR) is 77.8 cm³/mol. The van der Waals surface area contributed by atoms with Gasteiger partial charge in [0.1, 0.15) is 0 Å². The Labute approximate surface area is 115 Å². The standard InChI is InChI=1S/C16H24N2O/c1-16(2,10-17)11-18(3)15(19)14-9-13(14)12-7-5-4-6-8-12/h4-8,13-14H,9-11,17H2,1-3H3. The zero-order chi connectivity index (χ0) is 14.0. The van der Waals surface area contributed by atoms with E-state index in [9.17, 15) is 4.79 Å². The first-order chi connectivity index (χ1) is 8.94. The number of carbonyl (C=O) groups is 1. The van der Waals surface area contributed by atoms with Crippen molar-refractivity contribution in [2.75, 3.05) is 20.1 Å². The van der Waals surface area contributed by atoms with Gasteiger partial charge in [-0.3, -0.25) is 4.79 Å². The fourth-order valence-corrected chi connectivity index (χ4v) is 2.60. The third-order valence-electron chi connectivity index (χ3n) is 3.93. The second-order valence-corrected chi connectivity index (χ2v) is 6.42. The van der Waals surface area contributed by atoms with Crippen molar-refractivity contribution in [3.8, 4) is 0 Å². The lowest BCUT2D eigenvalue weighted by molar-refractivity contribution is -0.132. The van der Waals surface area contributed by atoms with E-state index in [2.05, 4.69) is 26.0 Å². The minimum absolute atomic E-state index is 0.0124. The summed E-state index contributed by atoms with van der Waals surface area (Å²) in [5, 5.41) is 0. The molecule has 0 radical (unpaired) electrons. The van der Waals surface area contributed by atoms with Crippen molar-refractivity contribution in [2.45, 2.75) is 26.2 Å². The summed E-state index contributed by atoms with van der Waals surface area (Å²) in [5.41, 5.74) is 7.00.